The number of aliphatic hydroxyl groups is 2. The summed E-state index contributed by atoms with van der Waals surface area (Å²) < 4.78 is 5.74. The van der Waals surface area contributed by atoms with Crippen molar-refractivity contribution < 1.29 is 19.7 Å². The number of piperidine rings is 1. The number of rotatable bonds is 0. The molecule has 2 N–H and O–H groups in total. The van der Waals surface area contributed by atoms with Gasteiger partial charge in [-0.1, -0.05) is 29.8 Å². The molecule has 0 aromatic heterocycles. The highest BCUT2D eigenvalue weighted by atomic mass is 16.6. The van der Waals surface area contributed by atoms with Crippen LogP contribution in [0.25, 0.3) is 0 Å². The van der Waals surface area contributed by atoms with Gasteiger partial charge in [0.05, 0.1) is 18.1 Å². The van der Waals surface area contributed by atoms with E-state index in [-0.39, 0.29) is 23.8 Å². The zero-order chi connectivity index (χ0) is 18.6. The number of ether oxygens (including phenoxy) is 1. The maximum absolute atomic E-state index is 12.8. The molecule has 6 rings (SSSR count). The van der Waals surface area contributed by atoms with Crippen molar-refractivity contribution in [2.75, 3.05) is 24.6 Å². The molecule has 4 heterocycles. The molecule has 6 atom stereocenters. The number of hydrogen-bond donors (Lipinski definition) is 2. The fourth-order valence-corrected chi connectivity index (χ4v) is 7.01. The summed E-state index contributed by atoms with van der Waals surface area (Å²) in [6.07, 6.45) is 2.48. The Bertz CT molecular complexity index is 885. The topological polar surface area (TPSA) is 73.2 Å². The Hall–Kier alpha value is -1.73. The third-order valence-electron chi connectivity index (χ3n) is 7.91. The first kappa shape index (κ1) is 16.2. The second-order valence-corrected chi connectivity index (χ2v) is 8.70. The van der Waals surface area contributed by atoms with Crippen molar-refractivity contribution in [2.45, 2.75) is 43.2 Å². The lowest BCUT2D eigenvalue weighted by Crippen LogP contribution is -2.73. The van der Waals surface area contributed by atoms with E-state index in [1.54, 1.807) is 6.92 Å². The molecule has 1 aromatic carbocycles. The zero-order valence-electron chi connectivity index (χ0n) is 15.3. The molecule has 6 unspecified atom stereocenters. The highest BCUT2D eigenvalue weighted by Gasteiger charge is 2.75. The minimum atomic E-state index is -0.999. The van der Waals surface area contributed by atoms with Crippen LogP contribution in [0.5, 0.6) is 0 Å². The van der Waals surface area contributed by atoms with Crippen LogP contribution < -0.4 is 4.90 Å². The monoisotopic (exact) mass is 368 g/mol. The predicted molar refractivity (Wildman–Crippen MR) is 97.8 cm³/mol. The summed E-state index contributed by atoms with van der Waals surface area (Å²) in [7, 11) is 0. The second-order valence-electron chi connectivity index (χ2n) is 8.70. The third-order valence-corrected chi connectivity index (χ3v) is 7.91. The molecule has 4 aliphatic heterocycles. The molecule has 142 valence electrons. The first-order valence-electron chi connectivity index (χ1n) is 9.84. The molecular weight excluding hydrogens is 344 g/mol. The number of hydrogen-bond acceptors (Lipinski definition) is 5. The molecule has 1 aromatic rings. The Kier molecular flexibility index (Phi) is 3.01. The molecule has 5 aliphatic rings. The number of fused-ring (bicyclic) bond motifs is 2. The van der Waals surface area contributed by atoms with Gasteiger partial charge in [-0.3, -0.25) is 9.69 Å². The van der Waals surface area contributed by atoms with Gasteiger partial charge < -0.3 is 19.8 Å². The predicted octanol–water partition coefficient (Wildman–Crippen LogP) is 0.978. The van der Waals surface area contributed by atoms with Crippen LogP contribution in [0, 0.1) is 11.8 Å². The van der Waals surface area contributed by atoms with Crippen LogP contribution >= 0.6 is 0 Å². The van der Waals surface area contributed by atoms with E-state index in [1.165, 1.54) is 5.57 Å². The van der Waals surface area contributed by atoms with Crippen LogP contribution in [0.15, 0.2) is 35.9 Å². The van der Waals surface area contributed by atoms with Crippen molar-refractivity contribution in [2.24, 2.45) is 11.8 Å². The van der Waals surface area contributed by atoms with E-state index in [0.717, 1.165) is 24.2 Å². The molecule has 6 heteroatoms. The van der Waals surface area contributed by atoms with Crippen molar-refractivity contribution in [3.63, 3.8) is 0 Å². The summed E-state index contributed by atoms with van der Waals surface area (Å²) in [6.45, 7) is 3.46. The van der Waals surface area contributed by atoms with Gasteiger partial charge in [0.1, 0.15) is 5.72 Å². The van der Waals surface area contributed by atoms with Crippen LogP contribution in [0.3, 0.4) is 0 Å². The van der Waals surface area contributed by atoms with Crippen molar-refractivity contribution in [3.8, 4) is 0 Å². The normalized spacial score (nSPS) is 44.4. The highest BCUT2D eigenvalue weighted by molar-refractivity contribution is 5.96. The minimum Gasteiger partial charge on any atom is -0.375 e. The maximum Gasteiger partial charge on any atom is 0.224 e. The van der Waals surface area contributed by atoms with E-state index in [9.17, 15) is 15.0 Å². The zero-order valence-corrected chi connectivity index (χ0v) is 15.3. The Morgan fingerprint density at radius 1 is 1.33 bits per heavy atom. The molecule has 2 bridgehead atoms. The molecule has 0 radical (unpaired) electrons. The van der Waals surface area contributed by atoms with Gasteiger partial charge in [-0.25, -0.2) is 0 Å². The number of carbonyl (C=O) groups excluding carboxylic acids is 1. The molecular formula is C21H24N2O4. The van der Waals surface area contributed by atoms with Gasteiger partial charge in [-0.15, -0.1) is 0 Å². The number of aliphatic hydroxyl groups excluding tert-OH is 1. The average molecular weight is 368 g/mol. The first-order chi connectivity index (χ1) is 13.0. The van der Waals surface area contributed by atoms with Crippen LogP contribution in [0.4, 0.5) is 5.69 Å². The van der Waals surface area contributed by atoms with Crippen LogP contribution in [0.2, 0.25) is 0 Å². The van der Waals surface area contributed by atoms with E-state index in [1.807, 2.05) is 23.1 Å². The molecule has 27 heavy (non-hydrogen) atoms. The van der Waals surface area contributed by atoms with Gasteiger partial charge in [-0.2, -0.15) is 0 Å². The Morgan fingerprint density at radius 2 is 2.15 bits per heavy atom. The Morgan fingerprint density at radius 3 is 2.96 bits per heavy atom. The van der Waals surface area contributed by atoms with E-state index in [0.29, 0.717) is 19.6 Å². The minimum absolute atomic E-state index is 0.0242. The van der Waals surface area contributed by atoms with Crippen molar-refractivity contribution in [3.05, 3.63) is 41.5 Å². The number of nitrogens with zero attached hydrogens (tertiary/aromatic N) is 2. The molecule has 1 spiro atoms. The van der Waals surface area contributed by atoms with Gasteiger partial charge in [0.25, 0.3) is 0 Å². The number of para-hydroxylation sites is 1. The summed E-state index contributed by atoms with van der Waals surface area (Å²) >= 11 is 0. The Balaban J connectivity index is 1.68. The molecule has 2 saturated heterocycles. The summed E-state index contributed by atoms with van der Waals surface area (Å²) in [5, 5.41) is 23.0. The van der Waals surface area contributed by atoms with Crippen molar-refractivity contribution in [1.82, 2.24) is 4.90 Å². The standard InChI is InChI=1S/C21H24N2O4/c1-12(24)23-16-5-3-2-4-15(16)20-7-8-22-11-13-6-9-27-19(25)17(18(20)23)14(13)10-21(20,22)26/h2-6,14,17-19,25-26H,7-11H2,1H3. The smallest absolute Gasteiger partial charge is 0.224 e. The van der Waals surface area contributed by atoms with Crippen LogP contribution in [0.1, 0.15) is 25.3 Å². The quantitative estimate of drug-likeness (QED) is 0.668. The van der Waals surface area contributed by atoms with E-state index >= 15 is 0 Å². The van der Waals surface area contributed by atoms with Crippen molar-refractivity contribution in [1.29, 1.82) is 0 Å². The lowest BCUT2D eigenvalue weighted by Gasteiger charge is -2.60. The number of anilines is 1. The molecule has 1 amide bonds. The third kappa shape index (κ3) is 1.66. The number of amides is 1. The molecule has 1 aliphatic carbocycles. The van der Waals surface area contributed by atoms with Crippen molar-refractivity contribution >= 4 is 11.6 Å². The van der Waals surface area contributed by atoms with Crippen LogP contribution in [-0.4, -0.2) is 58.8 Å². The van der Waals surface area contributed by atoms with E-state index < -0.39 is 17.4 Å². The van der Waals surface area contributed by atoms with E-state index in [2.05, 4.69) is 17.0 Å². The highest BCUT2D eigenvalue weighted by Crippen LogP contribution is 2.67. The lowest BCUT2D eigenvalue weighted by molar-refractivity contribution is -0.218. The van der Waals surface area contributed by atoms with Gasteiger partial charge in [0, 0.05) is 31.6 Å². The summed E-state index contributed by atoms with van der Waals surface area (Å²) in [5.41, 5.74) is 1.56. The van der Waals surface area contributed by atoms with Gasteiger partial charge in [0.15, 0.2) is 6.29 Å². The fourth-order valence-electron chi connectivity index (χ4n) is 7.01. The van der Waals surface area contributed by atoms with Gasteiger partial charge >= 0.3 is 0 Å². The summed E-state index contributed by atoms with van der Waals surface area (Å²) in [4.78, 5) is 16.8. The summed E-state index contributed by atoms with van der Waals surface area (Å²) in [6, 6.07) is 7.65. The largest absolute Gasteiger partial charge is 0.375 e. The molecule has 6 nitrogen and oxygen atoms in total. The summed E-state index contributed by atoms with van der Waals surface area (Å²) in [5.74, 6) is -0.264. The van der Waals surface area contributed by atoms with E-state index in [4.69, 9.17) is 4.74 Å². The lowest BCUT2D eigenvalue weighted by atomic mass is 9.53. The first-order valence-corrected chi connectivity index (χ1v) is 9.84. The van der Waals surface area contributed by atoms with Gasteiger partial charge in [-0.05, 0) is 30.4 Å². The van der Waals surface area contributed by atoms with Gasteiger partial charge in [0.2, 0.25) is 5.91 Å². The number of carbonyl (C=O) groups is 1. The maximum atomic E-state index is 12.8. The SMILES string of the molecule is CC(=O)N1c2ccccc2C23CCN4CC5=CCOC(O)C(C5CC42O)C13. The number of benzene rings is 1. The van der Waals surface area contributed by atoms with Crippen LogP contribution in [-0.2, 0) is 14.9 Å². The second kappa shape index (κ2) is 5.00. The molecule has 1 saturated carbocycles. The average Bonchev–Trinajstić information content (AvgIpc) is 3.06. The molecule has 3 fully saturated rings. The Labute approximate surface area is 158 Å². The fraction of sp³-hybridized carbons (Fsp3) is 0.571.